The van der Waals surface area contributed by atoms with Gasteiger partial charge in [0.15, 0.2) is 0 Å². The predicted molar refractivity (Wildman–Crippen MR) is 101 cm³/mol. The Kier molecular flexibility index (Phi) is 6.21. The first-order valence-electron chi connectivity index (χ1n) is 8.66. The van der Waals surface area contributed by atoms with E-state index >= 15 is 0 Å². The van der Waals surface area contributed by atoms with Crippen LogP contribution in [-0.2, 0) is 13.1 Å². The van der Waals surface area contributed by atoms with E-state index in [0.29, 0.717) is 11.0 Å². The molecule has 1 N–H and O–H groups in total. The second kappa shape index (κ2) is 8.59. The highest BCUT2D eigenvalue weighted by Gasteiger charge is 2.14. The van der Waals surface area contributed by atoms with Crippen LogP contribution in [0.3, 0.4) is 0 Å². The predicted octanol–water partition coefficient (Wildman–Crippen LogP) is 4.50. The highest BCUT2D eigenvalue weighted by molar-refractivity contribution is 9.10. The lowest BCUT2D eigenvalue weighted by Gasteiger charge is -2.27. The van der Waals surface area contributed by atoms with E-state index in [4.69, 9.17) is 0 Å². The van der Waals surface area contributed by atoms with Gasteiger partial charge in [-0.05, 0) is 55.3 Å². The van der Waals surface area contributed by atoms with Gasteiger partial charge in [-0.2, -0.15) is 0 Å². The molecular weight excluding hydrogens is 383 g/mol. The van der Waals surface area contributed by atoms with Crippen LogP contribution in [0.5, 0.6) is 0 Å². The number of hydrogen-bond donors (Lipinski definition) is 1. The molecule has 0 spiro atoms. The summed E-state index contributed by atoms with van der Waals surface area (Å²) in [7, 11) is 0. The molecule has 2 aromatic carbocycles. The molecule has 0 atom stereocenters. The molecular formula is C20H22BrFN2O. The third-order valence-corrected chi connectivity index (χ3v) is 5.07. The van der Waals surface area contributed by atoms with Crippen molar-refractivity contribution in [3.63, 3.8) is 0 Å². The van der Waals surface area contributed by atoms with Crippen molar-refractivity contribution in [2.45, 2.75) is 32.4 Å². The van der Waals surface area contributed by atoms with E-state index in [1.54, 1.807) is 6.07 Å². The quantitative estimate of drug-likeness (QED) is 0.794. The monoisotopic (exact) mass is 404 g/mol. The fourth-order valence-electron chi connectivity index (χ4n) is 3.19. The molecule has 1 aliphatic heterocycles. The summed E-state index contributed by atoms with van der Waals surface area (Å²) in [5.41, 5.74) is 2.37. The van der Waals surface area contributed by atoms with Crippen LogP contribution in [0, 0.1) is 5.82 Å². The van der Waals surface area contributed by atoms with Crippen LogP contribution in [0.2, 0.25) is 0 Å². The number of nitrogens with one attached hydrogen (secondary N) is 1. The summed E-state index contributed by atoms with van der Waals surface area (Å²) in [4.78, 5) is 14.7. The van der Waals surface area contributed by atoms with Gasteiger partial charge >= 0.3 is 0 Å². The van der Waals surface area contributed by atoms with Gasteiger partial charge in [0, 0.05) is 17.6 Å². The molecule has 0 radical (unpaired) electrons. The van der Waals surface area contributed by atoms with Crippen LogP contribution in [0.25, 0.3) is 0 Å². The largest absolute Gasteiger partial charge is 0.348 e. The Bertz CT molecular complexity index is 744. The summed E-state index contributed by atoms with van der Waals surface area (Å²) in [5.74, 6) is -0.911. The van der Waals surface area contributed by atoms with Crippen LogP contribution in [-0.4, -0.2) is 23.9 Å². The molecule has 1 fully saturated rings. The molecule has 0 aliphatic carbocycles. The first kappa shape index (κ1) is 18.1. The topological polar surface area (TPSA) is 32.3 Å². The summed E-state index contributed by atoms with van der Waals surface area (Å²) in [6.45, 7) is 3.56. The van der Waals surface area contributed by atoms with E-state index in [2.05, 4.69) is 32.2 Å². The molecule has 1 amide bonds. The Labute approximate surface area is 156 Å². The average molecular weight is 405 g/mol. The Balaban J connectivity index is 1.65. The number of carbonyl (C=O) groups is 1. The third kappa shape index (κ3) is 4.89. The number of carbonyl (C=O) groups excluding carboxylic acids is 1. The second-order valence-corrected chi connectivity index (χ2v) is 7.33. The number of halogens is 2. The molecule has 1 heterocycles. The van der Waals surface area contributed by atoms with E-state index in [1.165, 1.54) is 37.0 Å². The van der Waals surface area contributed by atoms with Gasteiger partial charge in [-0.3, -0.25) is 9.69 Å². The highest BCUT2D eigenvalue weighted by atomic mass is 79.9. The molecule has 0 bridgehead atoms. The summed E-state index contributed by atoms with van der Waals surface area (Å²) < 4.78 is 14.5. The van der Waals surface area contributed by atoms with Crippen molar-refractivity contribution in [2.75, 3.05) is 13.1 Å². The SMILES string of the molecule is O=C(NCc1ccccc1CN1CCCCC1)c1ccc(Br)cc1F. The third-order valence-electron chi connectivity index (χ3n) is 4.58. The van der Waals surface area contributed by atoms with Gasteiger partial charge in [-0.1, -0.05) is 46.6 Å². The van der Waals surface area contributed by atoms with Gasteiger partial charge in [0.1, 0.15) is 5.82 Å². The summed E-state index contributed by atoms with van der Waals surface area (Å²) in [5, 5.41) is 2.84. The van der Waals surface area contributed by atoms with Gasteiger partial charge in [0.2, 0.25) is 0 Å². The molecule has 3 nitrogen and oxygen atoms in total. The van der Waals surface area contributed by atoms with E-state index in [0.717, 1.165) is 25.2 Å². The van der Waals surface area contributed by atoms with Crippen LogP contribution < -0.4 is 5.32 Å². The minimum absolute atomic E-state index is 0.0664. The molecule has 2 aromatic rings. The van der Waals surface area contributed by atoms with Gasteiger partial charge in [-0.25, -0.2) is 4.39 Å². The van der Waals surface area contributed by atoms with E-state index in [9.17, 15) is 9.18 Å². The zero-order chi connectivity index (χ0) is 17.6. The Hall–Kier alpha value is -1.72. The molecule has 0 aromatic heterocycles. The minimum Gasteiger partial charge on any atom is -0.348 e. The maximum Gasteiger partial charge on any atom is 0.254 e. The van der Waals surface area contributed by atoms with Crippen LogP contribution in [0.15, 0.2) is 46.9 Å². The maximum atomic E-state index is 13.9. The first-order valence-corrected chi connectivity index (χ1v) is 9.45. The van der Waals surface area contributed by atoms with Gasteiger partial charge in [0.05, 0.1) is 5.56 Å². The number of piperidine rings is 1. The number of amides is 1. The van der Waals surface area contributed by atoms with Gasteiger partial charge in [0.25, 0.3) is 5.91 Å². The lowest BCUT2D eigenvalue weighted by Crippen LogP contribution is -2.30. The average Bonchev–Trinajstić information content (AvgIpc) is 2.61. The van der Waals surface area contributed by atoms with Gasteiger partial charge in [-0.15, -0.1) is 0 Å². The molecule has 0 saturated carbocycles. The van der Waals surface area contributed by atoms with Crippen LogP contribution >= 0.6 is 15.9 Å². The van der Waals surface area contributed by atoms with Crippen LogP contribution in [0.1, 0.15) is 40.7 Å². The molecule has 25 heavy (non-hydrogen) atoms. The first-order chi connectivity index (χ1) is 12.1. The van der Waals surface area contributed by atoms with E-state index in [1.807, 2.05) is 18.2 Å². The Morgan fingerprint density at radius 1 is 1.08 bits per heavy atom. The standard InChI is InChI=1S/C20H22BrFN2O/c21-17-8-9-18(19(22)12-17)20(25)23-13-15-6-2-3-7-16(15)14-24-10-4-1-5-11-24/h2-3,6-9,12H,1,4-5,10-11,13-14H2,(H,23,25). The Morgan fingerprint density at radius 2 is 1.80 bits per heavy atom. The molecule has 5 heteroatoms. The maximum absolute atomic E-state index is 13.9. The van der Waals surface area contributed by atoms with Crippen molar-refractivity contribution in [1.29, 1.82) is 0 Å². The minimum atomic E-state index is -0.520. The highest BCUT2D eigenvalue weighted by Crippen LogP contribution is 2.17. The normalized spacial score (nSPS) is 15.1. The van der Waals surface area contributed by atoms with E-state index in [-0.39, 0.29) is 5.56 Å². The smallest absolute Gasteiger partial charge is 0.254 e. The van der Waals surface area contributed by atoms with Crippen molar-refractivity contribution < 1.29 is 9.18 Å². The Morgan fingerprint density at radius 3 is 2.52 bits per heavy atom. The molecule has 132 valence electrons. The van der Waals surface area contributed by atoms with E-state index < -0.39 is 11.7 Å². The number of benzene rings is 2. The number of likely N-dealkylation sites (tertiary alicyclic amines) is 1. The molecule has 3 rings (SSSR count). The van der Waals surface area contributed by atoms with Crippen molar-refractivity contribution in [3.8, 4) is 0 Å². The lowest BCUT2D eigenvalue weighted by molar-refractivity contribution is 0.0946. The zero-order valence-corrected chi connectivity index (χ0v) is 15.7. The molecule has 1 aliphatic rings. The molecule has 1 saturated heterocycles. The molecule has 0 unspecified atom stereocenters. The summed E-state index contributed by atoms with van der Waals surface area (Å²) in [6, 6.07) is 12.6. The number of nitrogens with zero attached hydrogens (tertiary/aromatic N) is 1. The van der Waals surface area contributed by atoms with Crippen molar-refractivity contribution in [1.82, 2.24) is 10.2 Å². The fraction of sp³-hybridized carbons (Fsp3) is 0.350. The lowest BCUT2D eigenvalue weighted by atomic mass is 10.0. The summed E-state index contributed by atoms with van der Waals surface area (Å²) in [6.07, 6.45) is 3.82. The van der Waals surface area contributed by atoms with Crippen molar-refractivity contribution in [3.05, 3.63) is 69.4 Å². The summed E-state index contributed by atoms with van der Waals surface area (Å²) >= 11 is 3.20. The number of rotatable bonds is 5. The zero-order valence-electron chi connectivity index (χ0n) is 14.1. The van der Waals surface area contributed by atoms with Gasteiger partial charge < -0.3 is 5.32 Å². The van der Waals surface area contributed by atoms with Crippen LogP contribution in [0.4, 0.5) is 4.39 Å². The number of hydrogen-bond acceptors (Lipinski definition) is 2. The van der Waals surface area contributed by atoms with Crippen molar-refractivity contribution >= 4 is 21.8 Å². The van der Waals surface area contributed by atoms with Crippen molar-refractivity contribution in [2.24, 2.45) is 0 Å². The fourth-order valence-corrected chi connectivity index (χ4v) is 3.52. The second-order valence-electron chi connectivity index (χ2n) is 6.41.